The summed E-state index contributed by atoms with van der Waals surface area (Å²) in [6.45, 7) is 4.37. The lowest BCUT2D eigenvalue weighted by atomic mass is 9.90. The maximum Gasteiger partial charge on any atom is 0.411 e. The first kappa shape index (κ1) is 18.2. The molecule has 4 rings (SSSR count). The zero-order valence-electron chi connectivity index (χ0n) is 15.7. The van der Waals surface area contributed by atoms with Gasteiger partial charge in [-0.2, -0.15) is 0 Å². The van der Waals surface area contributed by atoms with Crippen LogP contribution < -0.4 is 15.7 Å². The van der Waals surface area contributed by atoms with Crippen LogP contribution in [0.2, 0.25) is 0 Å². The van der Waals surface area contributed by atoms with Crippen molar-refractivity contribution in [1.29, 1.82) is 0 Å². The molecule has 146 valence electrons. The van der Waals surface area contributed by atoms with Gasteiger partial charge in [0.2, 0.25) is 0 Å². The standard InChI is InChI=1S/C21H21NO6/c1-21(2)18(27-20(24)22-8-7-15-4-3-9-25-15)11-14-10-13-5-6-19(23)26-16(13)12-17(14)28-21/h4-8,10,12,18H,3,9,11H2,1-2H3,(H,22,24)/b8-7+/t18-/m1/s1. The molecule has 2 aromatic rings. The number of alkyl carbamates (subject to hydrolysis) is 1. The smallest absolute Gasteiger partial charge is 0.411 e. The molecule has 2 aliphatic heterocycles. The average Bonchev–Trinajstić information content (AvgIpc) is 3.14. The molecule has 0 bridgehead atoms. The molecule has 0 fully saturated rings. The summed E-state index contributed by atoms with van der Waals surface area (Å²) in [4.78, 5) is 23.6. The highest BCUT2D eigenvalue weighted by Gasteiger charge is 2.40. The lowest BCUT2D eigenvalue weighted by molar-refractivity contribution is -0.0486. The summed E-state index contributed by atoms with van der Waals surface area (Å²) in [5.41, 5.74) is 0.201. The zero-order chi connectivity index (χ0) is 19.7. The van der Waals surface area contributed by atoms with Crippen LogP contribution in [0.4, 0.5) is 4.79 Å². The minimum absolute atomic E-state index is 0.410. The quantitative estimate of drug-likeness (QED) is 0.818. The highest BCUT2D eigenvalue weighted by Crippen LogP contribution is 2.37. The zero-order valence-corrected chi connectivity index (χ0v) is 15.7. The summed E-state index contributed by atoms with van der Waals surface area (Å²) in [5, 5.41) is 3.38. The molecule has 3 heterocycles. The molecular weight excluding hydrogens is 362 g/mol. The van der Waals surface area contributed by atoms with Crippen molar-refractivity contribution in [3.05, 3.63) is 64.4 Å². The van der Waals surface area contributed by atoms with E-state index in [9.17, 15) is 9.59 Å². The number of allylic oxidation sites excluding steroid dienone is 1. The highest BCUT2D eigenvalue weighted by molar-refractivity contribution is 5.79. The van der Waals surface area contributed by atoms with Crippen molar-refractivity contribution in [1.82, 2.24) is 5.32 Å². The molecule has 28 heavy (non-hydrogen) atoms. The van der Waals surface area contributed by atoms with E-state index in [1.807, 2.05) is 26.0 Å². The van der Waals surface area contributed by atoms with Crippen LogP contribution in [0.25, 0.3) is 11.0 Å². The van der Waals surface area contributed by atoms with Gasteiger partial charge in [-0.1, -0.05) is 0 Å². The fourth-order valence-electron chi connectivity index (χ4n) is 3.28. The van der Waals surface area contributed by atoms with Crippen molar-refractivity contribution < 1.29 is 23.4 Å². The van der Waals surface area contributed by atoms with Crippen molar-refractivity contribution in [3.8, 4) is 5.75 Å². The van der Waals surface area contributed by atoms with E-state index in [0.29, 0.717) is 24.4 Å². The van der Waals surface area contributed by atoms with Crippen LogP contribution in [0.15, 0.2) is 57.6 Å². The maximum absolute atomic E-state index is 12.2. The topological polar surface area (TPSA) is 87.0 Å². The van der Waals surface area contributed by atoms with E-state index < -0.39 is 23.4 Å². The number of carbonyl (C=O) groups excluding carboxylic acids is 1. The van der Waals surface area contributed by atoms with Gasteiger partial charge in [-0.15, -0.1) is 0 Å². The van der Waals surface area contributed by atoms with Crippen molar-refractivity contribution >= 4 is 17.1 Å². The van der Waals surface area contributed by atoms with Crippen LogP contribution in [0.1, 0.15) is 25.8 Å². The molecule has 0 radical (unpaired) electrons. The molecule has 1 aromatic carbocycles. The van der Waals surface area contributed by atoms with Gasteiger partial charge in [-0.3, -0.25) is 5.32 Å². The molecule has 0 spiro atoms. The summed E-state index contributed by atoms with van der Waals surface area (Å²) >= 11 is 0. The van der Waals surface area contributed by atoms with E-state index in [1.54, 1.807) is 18.2 Å². The molecule has 1 aromatic heterocycles. The Bertz CT molecular complexity index is 1030. The second kappa shape index (κ2) is 7.07. The molecule has 0 aliphatic carbocycles. The van der Waals surface area contributed by atoms with Gasteiger partial charge in [0.05, 0.1) is 6.61 Å². The predicted octanol–water partition coefficient (Wildman–Crippen LogP) is 3.42. The Kier molecular flexibility index (Phi) is 4.58. The number of carbonyl (C=O) groups is 1. The molecule has 0 unspecified atom stereocenters. The Morgan fingerprint density at radius 2 is 2.18 bits per heavy atom. The number of hydrogen-bond acceptors (Lipinski definition) is 6. The number of benzene rings is 1. The van der Waals surface area contributed by atoms with E-state index in [-0.39, 0.29) is 0 Å². The number of amides is 1. The summed E-state index contributed by atoms with van der Waals surface area (Å²) in [6, 6.07) is 6.68. The normalized spacial score (nSPS) is 20.2. The second-order valence-electron chi connectivity index (χ2n) is 7.28. The molecule has 1 N–H and O–H groups in total. The first-order chi connectivity index (χ1) is 13.4. The minimum Gasteiger partial charge on any atom is -0.494 e. The second-order valence-corrected chi connectivity index (χ2v) is 7.28. The van der Waals surface area contributed by atoms with Crippen LogP contribution in [-0.4, -0.2) is 24.4 Å². The van der Waals surface area contributed by atoms with Crippen LogP contribution in [-0.2, 0) is 15.9 Å². The predicted molar refractivity (Wildman–Crippen MR) is 102 cm³/mol. The van der Waals surface area contributed by atoms with Gasteiger partial charge >= 0.3 is 11.7 Å². The van der Waals surface area contributed by atoms with Crippen molar-refractivity contribution in [2.24, 2.45) is 0 Å². The van der Waals surface area contributed by atoms with Gasteiger partial charge in [0.25, 0.3) is 0 Å². The Morgan fingerprint density at radius 1 is 1.32 bits per heavy atom. The summed E-state index contributed by atoms with van der Waals surface area (Å²) in [7, 11) is 0. The fourth-order valence-corrected chi connectivity index (χ4v) is 3.28. The van der Waals surface area contributed by atoms with Crippen molar-refractivity contribution in [2.75, 3.05) is 6.61 Å². The number of fused-ring (bicyclic) bond motifs is 2. The van der Waals surface area contributed by atoms with E-state index in [2.05, 4.69) is 5.32 Å². The van der Waals surface area contributed by atoms with Crippen LogP contribution in [0.3, 0.4) is 0 Å². The van der Waals surface area contributed by atoms with Crippen molar-refractivity contribution in [3.63, 3.8) is 0 Å². The molecule has 7 heteroatoms. The largest absolute Gasteiger partial charge is 0.494 e. The van der Waals surface area contributed by atoms with Gasteiger partial charge in [-0.25, -0.2) is 9.59 Å². The third-order valence-electron chi connectivity index (χ3n) is 4.79. The summed E-state index contributed by atoms with van der Waals surface area (Å²) < 4.78 is 22.2. The van der Waals surface area contributed by atoms with E-state index >= 15 is 0 Å². The third kappa shape index (κ3) is 3.74. The van der Waals surface area contributed by atoms with Gasteiger partial charge in [-0.05, 0) is 43.7 Å². The minimum atomic E-state index is -0.742. The Hall–Kier alpha value is -3.22. The number of nitrogens with one attached hydrogen (secondary N) is 1. The van der Waals surface area contributed by atoms with Crippen molar-refractivity contribution in [2.45, 2.75) is 38.4 Å². The van der Waals surface area contributed by atoms with E-state index in [4.69, 9.17) is 18.6 Å². The molecule has 1 amide bonds. The first-order valence-electron chi connectivity index (χ1n) is 9.13. The van der Waals surface area contributed by atoms with Crippen LogP contribution in [0, 0.1) is 0 Å². The van der Waals surface area contributed by atoms with Crippen LogP contribution >= 0.6 is 0 Å². The fraction of sp³-hybridized carbons (Fsp3) is 0.333. The maximum atomic E-state index is 12.2. The Morgan fingerprint density at radius 3 is 2.96 bits per heavy atom. The Balaban J connectivity index is 1.48. The van der Waals surface area contributed by atoms with Gasteiger partial charge in [0.15, 0.2) is 0 Å². The Labute approximate surface area is 161 Å². The highest BCUT2D eigenvalue weighted by atomic mass is 16.6. The van der Waals surface area contributed by atoms with Gasteiger partial charge in [0, 0.05) is 36.6 Å². The lowest BCUT2D eigenvalue weighted by Crippen LogP contribution is -2.49. The monoisotopic (exact) mass is 383 g/mol. The SMILES string of the molecule is CC1(C)Oc2cc3oc(=O)ccc3cc2C[C@H]1OC(=O)N/C=C/C1=CCCO1. The number of ether oxygens (including phenoxy) is 3. The number of rotatable bonds is 3. The summed E-state index contributed by atoms with van der Waals surface area (Å²) in [5.74, 6) is 1.35. The average molecular weight is 383 g/mol. The molecule has 7 nitrogen and oxygen atoms in total. The van der Waals surface area contributed by atoms with Gasteiger partial charge in [0.1, 0.15) is 28.8 Å². The third-order valence-corrected chi connectivity index (χ3v) is 4.79. The number of hydrogen-bond donors (Lipinski definition) is 1. The molecular formula is C21H21NO6. The first-order valence-corrected chi connectivity index (χ1v) is 9.13. The summed E-state index contributed by atoms with van der Waals surface area (Å²) in [6.07, 6.45) is 5.45. The van der Waals surface area contributed by atoms with Gasteiger partial charge < -0.3 is 18.6 Å². The molecule has 0 saturated heterocycles. The molecule has 1 atom stereocenters. The lowest BCUT2D eigenvalue weighted by Gasteiger charge is -2.39. The van der Waals surface area contributed by atoms with Crippen LogP contribution in [0.5, 0.6) is 5.75 Å². The molecule has 2 aliphatic rings. The van der Waals surface area contributed by atoms with E-state index in [0.717, 1.165) is 23.1 Å². The van der Waals surface area contributed by atoms with E-state index in [1.165, 1.54) is 12.3 Å². The molecule has 0 saturated carbocycles.